The zero-order valence-electron chi connectivity index (χ0n) is 17.1. The van der Waals surface area contributed by atoms with Gasteiger partial charge in [0, 0.05) is 10.6 Å². The molecule has 1 aliphatic carbocycles. The first-order valence-electron chi connectivity index (χ1n) is 10.4. The molecule has 2 aromatic heterocycles. The third kappa shape index (κ3) is 4.08. The van der Waals surface area contributed by atoms with E-state index in [1.54, 1.807) is 28.0 Å². The molecule has 5 rings (SSSR count). The average molecular weight is 466 g/mol. The number of carbonyl (C=O) groups is 1. The van der Waals surface area contributed by atoms with Crippen LogP contribution in [0.4, 0.5) is 10.1 Å². The summed E-state index contributed by atoms with van der Waals surface area (Å²) in [6.07, 6.45) is 4.11. The number of halogens is 1. The number of carbonyl (C=O) groups excluding carboxylic acids is 1. The van der Waals surface area contributed by atoms with Crippen LogP contribution in [0.15, 0.2) is 64.5 Å². The summed E-state index contributed by atoms with van der Waals surface area (Å²) >= 11 is 2.79. The maximum absolute atomic E-state index is 13.6. The maximum atomic E-state index is 13.6. The Morgan fingerprint density at radius 3 is 2.75 bits per heavy atom. The molecule has 5 nitrogen and oxygen atoms in total. The molecule has 0 fully saturated rings. The largest absolute Gasteiger partial charge is 0.325 e. The highest BCUT2D eigenvalue weighted by Crippen LogP contribution is 2.35. The predicted octanol–water partition coefficient (Wildman–Crippen LogP) is 5.20. The van der Waals surface area contributed by atoms with Crippen LogP contribution in [0.3, 0.4) is 0 Å². The number of anilines is 1. The van der Waals surface area contributed by atoms with Gasteiger partial charge in [0.1, 0.15) is 10.6 Å². The van der Waals surface area contributed by atoms with Crippen LogP contribution in [0.25, 0.3) is 15.9 Å². The van der Waals surface area contributed by atoms with Crippen molar-refractivity contribution in [3.63, 3.8) is 0 Å². The molecule has 0 saturated heterocycles. The molecule has 2 aromatic carbocycles. The number of hydrogen-bond acceptors (Lipinski definition) is 5. The van der Waals surface area contributed by atoms with Gasteiger partial charge >= 0.3 is 0 Å². The highest BCUT2D eigenvalue weighted by atomic mass is 32.2. The second kappa shape index (κ2) is 8.88. The number of nitrogens with zero attached hydrogens (tertiary/aromatic N) is 2. The summed E-state index contributed by atoms with van der Waals surface area (Å²) < 4.78 is 15.0. The lowest BCUT2D eigenvalue weighted by Crippen LogP contribution is -2.23. The van der Waals surface area contributed by atoms with Crippen LogP contribution < -0.4 is 10.9 Å². The number of aromatic nitrogens is 2. The SMILES string of the molecule is O=C(CSc1nc2sc3c(c2c(=O)n1-c1ccccc1)CCCC3)Nc1cccc(F)c1. The minimum absolute atomic E-state index is 0.0480. The molecule has 32 heavy (non-hydrogen) atoms. The molecule has 0 bridgehead atoms. The smallest absolute Gasteiger partial charge is 0.267 e. The van der Waals surface area contributed by atoms with Gasteiger partial charge in [-0.05, 0) is 61.6 Å². The molecule has 1 aliphatic rings. The molecule has 4 aromatic rings. The fourth-order valence-corrected chi connectivity index (χ4v) is 6.10. The number of benzene rings is 2. The maximum Gasteiger partial charge on any atom is 0.267 e. The Hall–Kier alpha value is -2.97. The van der Waals surface area contributed by atoms with Crippen LogP contribution in [-0.2, 0) is 17.6 Å². The molecule has 1 amide bonds. The monoisotopic (exact) mass is 465 g/mol. The van der Waals surface area contributed by atoms with Crippen molar-refractivity contribution in [1.29, 1.82) is 0 Å². The van der Waals surface area contributed by atoms with Gasteiger partial charge in [-0.3, -0.25) is 14.2 Å². The number of nitrogens with one attached hydrogen (secondary N) is 1. The Kier molecular flexibility index (Phi) is 5.80. The quantitative estimate of drug-likeness (QED) is 0.325. The van der Waals surface area contributed by atoms with Crippen molar-refractivity contribution < 1.29 is 9.18 Å². The Labute approximate surface area is 192 Å². The summed E-state index contributed by atoms with van der Waals surface area (Å²) in [6.45, 7) is 0. The fourth-order valence-electron chi connectivity index (χ4n) is 3.98. The minimum Gasteiger partial charge on any atom is -0.325 e. The van der Waals surface area contributed by atoms with Crippen LogP contribution in [0.2, 0.25) is 0 Å². The Morgan fingerprint density at radius 2 is 1.94 bits per heavy atom. The highest BCUT2D eigenvalue weighted by molar-refractivity contribution is 7.99. The molecule has 1 N–H and O–H groups in total. The molecular formula is C24H20FN3O2S2. The first kappa shape index (κ1) is 20.9. The summed E-state index contributed by atoms with van der Waals surface area (Å²) in [5, 5.41) is 3.88. The van der Waals surface area contributed by atoms with E-state index in [0.717, 1.165) is 41.8 Å². The molecule has 0 radical (unpaired) electrons. The van der Waals surface area contributed by atoms with E-state index in [4.69, 9.17) is 4.98 Å². The number of thiophene rings is 1. The highest BCUT2D eigenvalue weighted by Gasteiger charge is 2.23. The van der Waals surface area contributed by atoms with Crippen LogP contribution in [-0.4, -0.2) is 21.2 Å². The molecule has 2 heterocycles. The van der Waals surface area contributed by atoms with Crippen LogP contribution >= 0.6 is 23.1 Å². The first-order chi connectivity index (χ1) is 15.6. The molecule has 0 atom stereocenters. The number of thioether (sulfide) groups is 1. The van der Waals surface area contributed by atoms with Gasteiger partial charge in [0.25, 0.3) is 5.56 Å². The second-order valence-electron chi connectivity index (χ2n) is 7.61. The Balaban J connectivity index is 1.51. The van der Waals surface area contributed by atoms with Crippen LogP contribution in [0.1, 0.15) is 23.3 Å². The number of para-hydroxylation sites is 1. The fraction of sp³-hybridized carbons (Fsp3) is 0.208. The Bertz CT molecular complexity index is 1370. The lowest BCUT2D eigenvalue weighted by molar-refractivity contribution is -0.113. The lowest BCUT2D eigenvalue weighted by atomic mass is 9.97. The summed E-state index contributed by atoms with van der Waals surface area (Å²) in [4.78, 5) is 32.9. The van der Waals surface area contributed by atoms with Crippen molar-refractivity contribution in [3.05, 3.63) is 81.2 Å². The van der Waals surface area contributed by atoms with Gasteiger partial charge in [0.2, 0.25) is 5.91 Å². The van der Waals surface area contributed by atoms with Crippen molar-refractivity contribution in [1.82, 2.24) is 9.55 Å². The predicted molar refractivity (Wildman–Crippen MR) is 128 cm³/mol. The molecule has 8 heteroatoms. The van der Waals surface area contributed by atoms with Gasteiger partial charge in [-0.25, -0.2) is 9.37 Å². The number of hydrogen-bond donors (Lipinski definition) is 1. The van der Waals surface area contributed by atoms with Crippen molar-refractivity contribution >= 4 is 44.9 Å². The van der Waals surface area contributed by atoms with E-state index in [1.165, 1.54) is 28.8 Å². The van der Waals surface area contributed by atoms with Gasteiger partial charge in [0.05, 0.1) is 16.8 Å². The summed E-state index contributed by atoms with van der Waals surface area (Å²) in [5.74, 6) is -0.658. The average Bonchev–Trinajstić information content (AvgIpc) is 3.17. The molecule has 0 saturated carbocycles. The van der Waals surface area contributed by atoms with E-state index in [-0.39, 0.29) is 17.2 Å². The molecule has 162 valence electrons. The molecule has 0 aliphatic heterocycles. The van der Waals surface area contributed by atoms with Gasteiger partial charge in [-0.1, -0.05) is 36.0 Å². The van der Waals surface area contributed by atoms with Gasteiger partial charge in [0.15, 0.2) is 5.16 Å². The third-order valence-corrected chi connectivity index (χ3v) is 7.54. The van der Waals surface area contributed by atoms with Crippen molar-refractivity contribution in [2.24, 2.45) is 0 Å². The summed E-state index contributed by atoms with van der Waals surface area (Å²) in [7, 11) is 0. The van der Waals surface area contributed by atoms with Gasteiger partial charge in [-0.2, -0.15) is 0 Å². The van der Waals surface area contributed by atoms with Crippen molar-refractivity contribution in [3.8, 4) is 5.69 Å². The van der Waals surface area contributed by atoms with Crippen molar-refractivity contribution in [2.75, 3.05) is 11.1 Å². The minimum atomic E-state index is -0.415. The van der Waals surface area contributed by atoms with Crippen LogP contribution in [0.5, 0.6) is 0 Å². The van der Waals surface area contributed by atoms with Gasteiger partial charge in [-0.15, -0.1) is 11.3 Å². The van der Waals surface area contributed by atoms with E-state index >= 15 is 0 Å². The Morgan fingerprint density at radius 1 is 1.12 bits per heavy atom. The van der Waals surface area contributed by atoms with Crippen molar-refractivity contribution in [2.45, 2.75) is 30.8 Å². The normalized spacial score (nSPS) is 13.2. The topological polar surface area (TPSA) is 64.0 Å². The van der Waals surface area contributed by atoms with E-state index in [0.29, 0.717) is 16.2 Å². The first-order valence-corrected chi connectivity index (χ1v) is 12.2. The van der Waals surface area contributed by atoms with E-state index in [9.17, 15) is 14.0 Å². The summed E-state index contributed by atoms with van der Waals surface area (Å²) in [6, 6.07) is 15.1. The summed E-state index contributed by atoms with van der Waals surface area (Å²) in [5.41, 5.74) is 2.16. The molecule has 0 unspecified atom stereocenters. The van der Waals surface area contributed by atoms with E-state index in [2.05, 4.69) is 5.32 Å². The zero-order chi connectivity index (χ0) is 22.1. The molecule has 0 spiro atoms. The zero-order valence-corrected chi connectivity index (χ0v) is 18.8. The number of aryl methyl sites for hydroxylation is 2. The second-order valence-corrected chi connectivity index (χ2v) is 9.63. The standard InChI is InChI=1S/C24H20FN3O2S2/c25-15-7-6-8-16(13-15)26-20(29)14-31-24-27-22-21(18-11-4-5-12-19(18)32-22)23(30)28(24)17-9-2-1-3-10-17/h1-3,6-10,13H,4-5,11-12,14H2,(H,26,29). The number of fused-ring (bicyclic) bond motifs is 3. The third-order valence-electron chi connectivity index (χ3n) is 5.41. The molecular weight excluding hydrogens is 445 g/mol. The van der Waals surface area contributed by atoms with Crippen LogP contribution in [0, 0.1) is 5.82 Å². The van der Waals surface area contributed by atoms with E-state index < -0.39 is 5.82 Å². The lowest BCUT2D eigenvalue weighted by Gasteiger charge is -2.13. The van der Waals surface area contributed by atoms with Gasteiger partial charge < -0.3 is 5.32 Å². The number of amides is 1. The van der Waals surface area contributed by atoms with E-state index in [1.807, 2.05) is 30.3 Å². The number of rotatable bonds is 5.